The number of benzene rings is 1. The van der Waals surface area contributed by atoms with Crippen molar-refractivity contribution in [2.45, 2.75) is 19.4 Å². The Morgan fingerprint density at radius 1 is 1.37 bits per heavy atom. The van der Waals surface area contributed by atoms with Gasteiger partial charge in [0.05, 0.1) is 7.11 Å². The summed E-state index contributed by atoms with van der Waals surface area (Å²) in [5.41, 5.74) is 6.60. The maximum absolute atomic E-state index is 11.8. The third-order valence-electron chi connectivity index (χ3n) is 2.75. The average Bonchev–Trinajstić information content (AvgIpc) is 2.38. The van der Waals surface area contributed by atoms with Crippen LogP contribution in [-0.2, 0) is 11.2 Å². The predicted octanol–water partition coefficient (Wildman–Crippen LogP) is 1.05. The van der Waals surface area contributed by atoms with Gasteiger partial charge in [0.15, 0.2) is 17.6 Å². The number of nitrogens with zero attached hydrogens (tertiary/aromatic N) is 1. The van der Waals surface area contributed by atoms with Crippen LogP contribution in [0.15, 0.2) is 18.2 Å². The van der Waals surface area contributed by atoms with Crippen LogP contribution >= 0.6 is 0 Å². The molecular weight excluding hydrogens is 244 g/mol. The van der Waals surface area contributed by atoms with E-state index >= 15 is 0 Å². The molecule has 0 spiro atoms. The number of ether oxygens (including phenoxy) is 2. The zero-order valence-electron chi connectivity index (χ0n) is 12.0. The van der Waals surface area contributed by atoms with Gasteiger partial charge in [0, 0.05) is 14.1 Å². The van der Waals surface area contributed by atoms with Gasteiger partial charge in [-0.25, -0.2) is 0 Å². The Labute approximate surface area is 114 Å². The lowest BCUT2D eigenvalue weighted by molar-refractivity contribution is -0.135. The van der Waals surface area contributed by atoms with Crippen molar-refractivity contribution in [2.24, 2.45) is 5.73 Å². The quantitative estimate of drug-likeness (QED) is 0.836. The van der Waals surface area contributed by atoms with Crippen LogP contribution in [0.4, 0.5) is 0 Å². The van der Waals surface area contributed by atoms with Crippen LogP contribution in [0.2, 0.25) is 0 Å². The van der Waals surface area contributed by atoms with Gasteiger partial charge in [0.2, 0.25) is 0 Å². The van der Waals surface area contributed by atoms with Gasteiger partial charge in [-0.1, -0.05) is 6.07 Å². The van der Waals surface area contributed by atoms with Crippen molar-refractivity contribution in [1.82, 2.24) is 4.90 Å². The van der Waals surface area contributed by atoms with Crippen molar-refractivity contribution < 1.29 is 14.3 Å². The first-order valence-electron chi connectivity index (χ1n) is 6.24. The molecule has 19 heavy (non-hydrogen) atoms. The van der Waals surface area contributed by atoms with Crippen molar-refractivity contribution in [3.05, 3.63) is 23.8 Å². The summed E-state index contributed by atoms with van der Waals surface area (Å²) in [6.45, 7) is 2.29. The molecule has 1 atom stereocenters. The van der Waals surface area contributed by atoms with Gasteiger partial charge in [-0.2, -0.15) is 0 Å². The first-order chi connectivity index (χ1) is 8.99. The summed E-state index contributed by atoms with van der Waals surface area (Å²) >= 11 is 0. The Hall–Kier alpha value is -1.75. The highest BCUT2D eigenvalue weighted by atomic mass is 16.5. The van der Waals surface area contributed by atoms with E-state index in [1.165, 1.54) is 4.90 Å². The average molecular weight is 266 g/mol. The van der Waals surface area contributed by atoms with E-state index in [0.717, 1.165) is 12.0 Å². The van der Waals surface area contributed by atoms with E-state index in [-0.39, 0.29) is 5.91 Å². The number of methoxy groups -OCH3 is 1. The van der Waals surface area contributed by atoms with E-state index in [4.69, 9.17) is 15.2 Å². The third-order valence-corrected chi connectivity index (χ3v) is 2.75. The van der Waals surface area contributed by atoms with Crippen molar-refractivity contribution in [1.29, 1.82) is 0 Å². The number of nitrogens with two attached hydrogens (primary N) is 1. The molecule has 0 bridgehead atoms. The molecule has 0 radical (unpaired) electrons. The Bertz CT molecular complexity index is 433. The Balaban J connectivity index is 2.91. The predicted molar refractivity (Wildman–Crippen MR) is 74.5 cm³/mol. The Morgan fingerprint density at radius 2 is 2.05 bits per heavy atom. The number of hydrogen-bond acceptors (Lipinski definition) is 4. The van der Waals surface area contributed by atoms with Crippen molar-refractivity contribution in [2.75, 3.05) is 27.7 Å². The second-order valence-electron chi connectivity index (χ2n) is 4.52. The summed E-state index contributed by atoms with van der Waals surface area (Å²) in [5, 5.41) is 0. The van der Waals surface area contributed by atoms with Crippen molar-refractivity contribution in [3.63, 3.8) is 0 Å². The van der Waals surface area contributed by atoms with Gasteiger partial charge in [0.1, 0.15) is 0 Å². The highest BCUT2D eigenvalue weighted by molar-refractivity contribution is 5.80. The molecule has 0 fully saturated rings. The van der Waals surface area contributed by atoms with Crippen LogP contribution in [0.3, 0.4) is 0 Å². The first-order valence-corrected chi connectivity index (χ1v) is 6.24. The molecule has 1 aromatic rings. The minimum Gasteiger partial charge on any atom is -0.493 e. The van der Waals surface area contributed by atoms with Crippen LogP contribution in [0.1, 0.15) is 12.5 Å². The van der Waals surface area contributed by atoms with Gasteiger partial charge >= 0.3 is 0 Å². The number of carbonyl (C=O) groups is 1. The largest absolute Gasteiger partial charge is 0.493 e. The van der Waals surface area contributed by atoms with E-state index in [2.05, 4.69) is 0 Å². The van der Waals surface area contributed by atoms with Gasteiger partial charge < -0.3 is 20.1 Å². The number of hydrogen-bond donors (Lipinski definition) is 1. The minimum absolute atomic E-state index is 0.0914. The molecule has 0 aliphatic carbocycles. The van der Waals surface area contributed by atoms with Crippen molar-refractivity contribution >= 4 is 5.91 Å². The topological polar surface area (TPSA) is 64.8 Å². The van der Waals surface area contributed by atoms with Crippen LogP contribution in [0.5, 0.6) is 11.5 Å². The van der Waals surface area contributed by atoms with E-state index < -0.39 is 6.10 Å². The first kappa shape index (κ1) is 15.3. The van der Waals surface area contributed by atoms with Crippen LogP contribution < -0.4 is 15.2 Å². The molecule has 1 rings (SSSR count). The van der Waals surface area contributed by atoms with Gasteiger partial charge in [0.25, 0.3) is 5.91 Å². The molecule has 0 saturated carbocycles. The molecule has 0 aliphatic heterocycles. The second kappa shape index (κ2) is 6.99. The van der Waals surface area contributed by atoms with Gasteiger partial charge in [-0.05, 0) is 37.6 Å². The smallest absolute Gasteiger partial charge is 0.262 e. The number of amides is 1. The molecular formula is C14H22N2O3. The number of likely N-dealkylation sites (N-methyl/N-ethyl adjacent to an activating group) is 1. The highest BCUT2D eigenvalue weighted by Gasteiger charge is 2.18. The summed E-state index contributed by atoms with van der Waals surface area (Å²) < 4.78 is 10.9. The maximum atomic E-state index is 11.8. The summed E-state index contributed by atoms with van der Waals surface area (Å²) in [6, 6.07) is 5.63. The third kappa shape index (κ3) is 4.13. The monoisotopic (exact) mass is 266 g/mol. The summed E-state index contributed by atoms with van der Waals surface area (Å²) in [6.07, 6.45) is 0.202. The van der Waals surface area contributed by atoms with Crippen LogP contribution in [0.25, 0.3) is 0 Å². The molecule has 0 aliphatic rings. The van der Waals surface area contributed by atoms with E-state index in [1.54, 1.807) is 28.1 Å². The summed E-state index contributed by atoms with van der Waals surface area (Å²) in [7, 11) is 4.97. The van der Waals surface area contributed by atoms with Crippen molar-refractivity contribution in [3.8, 4) is 11.5 Å². The zero-order chi connectivity index (χ0) is 14.4. The molecule has 0 heterocycles. The highest BCUT2D eigenvalue weighted by Crippen LogP contribution is 2.29. The lowest BCUT2D eigenvalue weighted by atomic mass is 10.1. The minimum atomic E-state index is -0.558. The molecule has 0 aromatic heterocycles. The van der Waals surface area contributed by atoms with E-state index in [1.807, 2.05) is 18.2 Å². The fraction of sp³-hybridized carbons (Fsp3) is 0.500. The summed E-state index contributed by atoms with van der Waals surface area (Å²) in [4.78, 5) is 13.3. The summed E-state index contributed by atoms with van der Waals surface area (Å²) in [5.74, 6) is 1.08. The lowest BCUT2D eigenvalue weighted by Gasteiger charge is -2.20. The standard InChI is InChI=1S/C14H22N2O3/c1-10(14(17)16(2)3)19-13-9-11(7-8-15)5-6-12(13)18-4/h5-6,9-10H,7-8,15H2,1-4H3. The Kier molecular flexibility index (Phi) is 5.63. The van der Waals surface area contributed by atoms with Gasteiger partial charge in [-0.3, -0.25) is 4.79 Å². The number of rotatable bonds is 6. The van der Waals surface area contributed by atoms with E-state index in [9.17, 15) is 4.79 Å². The molecule has 1 amide bonds. The van der Waals surface area contributed by atoms with Crippen LogP contribution in [0, 0.1) is 0 Å². The Morgan fingerprint density at radius 3 is 2.58 bits per heavy atom. The fourth-order valence-electron chi connectivity index (χ4n) is 1.74. The van der Waals surface area contributed by atoms with E-state index in [0.29, 0.717) is 18.0 Å². The number of carbonyl (C=O) groups excluding carboxylic acids is 1. The maximum Gasteiger partial charge on any atom is 0.262 e. The molecule has 0 saturated heterocycles. The molecule has 106 valence electrons. The molecule has 5 nitrogen and oxygen atoms in total. The van der Waals surface area contributed by atoms with Gasteiger partial charge in [-0.15, -0.1) is 0 Å². The SMILES string of the molecule is COc1ccc(CCN)cc1OC(C)C(=O)N(C)C. The van der Waals surface area contributed by atoms with Crippen LogP contribution in [-0.4, -0.2) is 44.7 Å². The molecule has 1 unspecified atom stereocenters. The second-order valence-corrected chi connectivity index (χ2v) is 4.52. The normalized spacial score (nSPS) is 11.8. The molecule has 1 aromatic carbocycles. The lowest BCUT2D eigenvalue weighted by Crippen LogP contribution is -2.35. The molecule has 5 heteroatoms. The fourth-order valence-corrected chi connectivity index (χ4v) is 1.74. The zero-order valence-corrected chi connectivity index (χ0v) is 12.0. The molecule has 2 N–H and O–H groups in total.